The van der Waals surface area contributed by atoms with Crippen LogP contribution < -0.4 is 16.0 Å². The number of hydrogen-bond donors (Lipinski definition) is 2. The number of rotatable bonds is 5. The van der Waals surface area contributed by atoms with Gasteiger partial charge in [0.05, 0.1) is 11.3 Å². The molecule has 0 aliphatic heterocycles. The summed E-state index contributed by atoms with van der Waals surface area (Å²) in [6.45, 7) is 1.97. The number of hydrogen-bond acceptors (Lipinski definition) is 5. The first-order valence-corrected chi connectivity index (χ1v) is 8.20. The fraction of sp³-hybridized carbons (Fsp3) is 0.333. The van der Waals surface area contributed by atoms with Crippen molar-refractivity contribution in [3.8, 4) is 0 Å². The average molecular weight is 339 g/mol. The molecule has 1 aliphatic rings. The second-order valence-electron chi connectivity index (χ2n) is 6.20. The SMILES string of the molecule is Cc1ncc(CNC(=O)c2ccccc2N(C)C(=O)C2CC2)c(N)n1. The highest BCUT2D eigenvalue weighted by atomic mass is 16.2. The van der Waals surface area contributed by atoms with Crippen molar-refractivity contribution in [2.75, 3.05) is 17.7 Å². The van der Waals surface area contributed by atoms with Crippen LogP contribution >= 0.6 is 0 Å². The second kappa shape index (κ2) is 6.88. The first-order chi connectivity index (χ1) is 12.0. The lowest BCUT2D eigenvalue weighted by Gasteiger charge is -2.20. The summed E-state index contributed by atoms with van der Waals surface area (Å²) in [6, 6.07) is 7.07. The maximum Gasteiger partial charge on any atom is 0.253 e. The summed E-state index contributed by atoms with van der Waals surface area (Å²) >= 11 is 0. The van der Waals surface area contributed by atoms with Crippen LogP contribution in [0.25, 0.3) is 0 Å². The van der Waals surface area contributed by atoms with Gasteiger partial charge in [-0.05, 0) is 31.9 Å². The van der Waals surface area contributed by atoms with Crippen LogP contribution in [0.3, 0.4) is 0 Å². The van der Waals surface area contributed by atoms with Crippen molar-refractivity contribution in [2.24, 2.45) is 5.92 Å². The number of nitrogens with two attached hydrogens (primary N) is 1. The summed E-state index contributed by atoms with van der Waals surface area (Å²) < 4.78 is 0. The predicted octanol–water partition coefficient (Wildman–Crippen LogP) is 1.67. The third-order valence-electron chi connectivity index (χ3n) is 4.23. The van der Waals surface area contributed by atoms with E-state index in [4.69, 9.17) is 5.73 Å². The molecule has 2 amide bonds. The molecule has 3 rings (SSSR count). The van der Waals surface area contributed by atoms with Crippen LogP contribution in [0.15, 0.2) is 30.5 Å². The molecule has 1 heterocycles. The van der Waals surface area contributed by atoms with E-state index in [1.54, 1.807) is 43.3 Å². The zero-order valence-electron chi connectivity index (χ0n) is 14.3. The summed E-state index contributed by atoms with van der Waals surface area (Å²) in [6.07, 6.45) is 3.45. The number of aromatic nitrogens is 2. The van der Waals surface area contributed by atoms with E-state index in [0.717, 1.165) is 12.8 Å². The van der Waals surface area contributed by atoms with Crippen LogP contribution in [0, 0.1) is 12.8 Å². The molecule has 1 fully saturated rings. The highest BCUT2D eigenvalue weighted by Gasteiger charge is 2.33. The number of amides is 2. The van der Waals surface area contributed by atoms with Gasteiger partial charge in [-0.1, -0.05) is 12.1 Å². The molecule has 3 N–H and O–H groups in total. The Kier molecular flexibility index (Phi) is 4.65. The highest BCUT2D eigenvalue weighted by Crippen LogP contribution is 2.33. The fourth-order valence-corrected chi connectivity index (χ4v) is 2.60. The van der Waals surface area contributed by atoms with Crippen LogP contribution in [0.2, 0.25) is 0 Å². The summed E-state index contributed by atoms with van der Waals surface area (Å²) in [5.41, 5.74) is 7.55. The van der Waals surface area contributed by atoms with E-state index in [1.807, 2.05) is 6.07 Å². The van der Waals surface area contributed by atoms with Crippen LogP contribution in [0.5, 0.6) is 0 Å². The Morgan fingerprint density at radius 1 is 1.32 bits per heavy atom. The minimum absolute atomic E-state index is 0.0522. The first kappa shape index (κ1) is 16.9. The molecule has 130 valence electrons. The third-order valence-corrected chi connectivity index (χ3v) is 4.23. The first-order valence-electron chi connectivity index (χ1n) is 8.20. The van der Waals surface area contributed by atoms with Crippen LogP contribution in [-0.4, -0.2) is 28.8 Å². The van der Waals surface area contributed by atoms with E-state index >= 15 is 0 Å². The van der Waals surface area contributed by atoms with Crippen molar-refractivity contribution < 1.29 is 9.59 Å². The second-order valence-corrected chi connectivity index (χ2v) is 6.20. The minimum atomic E-state index is -0.272. The lowest BCUT2D eigenvalue weighted by molar-refractivity contribution is -0.119. The topological polar surface area (TPSA) is 101 Å². The monoisotopic (exact) mass is 339 g/mol. The van der Waals surface area contributed by atoms with Crippen molar-refractivity contribution in [2.45, 2.75) is 26.3 Å². The van der Waals surface area contributed by atoms with Gasteiger partial charge in [0, 0.05) is 31.3 Å². The quantitative estimate of drug-likeness (QED) is 0.863. The highest BCUT2D eigenvalue weighted by molar-refractivity contribution is 6.05. The zero-order chi connectivity index (χ0) is 18.0. The molecule has 1 aromatic carbocycles. The van der Waals surface area contributed by atoms with Crippen LogP contribution in [-0.2, 0) is 11.3 Å². The van der Waals surface area contributed by atoms with Gasteiger partial charge in [0.2, 0.25) is 5.91 Å². The Bertz CT molecular complexity index is 817. The van der Waals surface area contributed by atoms with E-state index in [9.17, 15) is 9.59 Å². The third kappa shape index (κ3) is 3.76. The standard InChI is InChI=1S/C18H21N5O2/c1-11-20-9-13(16(19)22-11)10-21-17(24)14-5-3-4-6-15(14)23(2)18(25)12-7-8-12/h3-6,9,12H,7-8,10H2,1-2H3,(H,21,24)(H2,19,20,22). The molecule has 2 aromatic rings. The molecule has 0 saturated heterocycles. The molecule has 0 spiro atoms. The molecular weight excluding hydrogens is 318 g/mol. The van der Waals surface area contributed by atoms with Crippen molar-refractivity contribution in [3.63, 3.8) is 0 Å². The number of para-hydroxylation sites is 1. The Morgan fingerprint density at radius 3 is 2.72 bits per heavy atom. The zero-order valence-corrected chi connectivity index (χ0v) is 14.3. The molecule has 0 unspecified atom stereocenters. The van der Waals surface area contributed by atoms with E-state index in [1.165, 1.54) is 0 Å². The molecule has 0 radical (unpaired) electrons. The van der Waals surface area contributed by atoms with Gasteiger partial charge in [0.25, 0.3) is 5.91 Å². The maximum absolute atomic E-state index is 12.6. The van der Waals surface area contributed by atoms with Gasteiger partial charge in [-0.15, -0.1) is 0 Å². The number of nitrogens with one attached hydrogen (secondary N) is 1. The number of benzene rings is 1. The van der Waals surface area contributed by atoms with Crippen molar-refractivity contribution >= 4 is 23.3 Å². The van der Waals surface area contributed by atoms with E-state index < -0.39 is 0 Å². The van der Waals surface area contributed by atoms with Crippen molar-refractivity contribution in [1.29, 1.82) is 0 Å². The predicted molar refractivity (Wildman–Crippen MR) is 94.9 cm³/mol. The molecule has 0 bridgehead atoms. The number of carbonyl (C=O) groups is 2. The number of nitrogens with zero attached hydrogens (tertiary/aromatic N) is 3. The number of anilines is 2. The van der Waals surface area contributed by atoms with Gasteiger partial charge < -0.3 is 16.0 Å². The summed E-state index contributed by atoms with van der Waals surface area (Å²) in [4.78, 5) is 34.6. The average Bonchev–Trinajstić information content (AvgIpc) is 3.44. The van der Waals surface area contributed by atoms with Gasteiger partial charge in [-0.25, -0.2) is 9.97 Å². The molecule has 0 atom stereocenters. The number of carbonyl (C=O) groups excluding carboxylic acids is 2. The smallest absolute Gasteiger partial charge is 0.253 e. The Labute approximate surface area is 146 Å². The van der Waals surface area contributed by atoms with Gasteiger partial charge in [-0.3, -0.25) is 9.59 Å². The molecule has 7 heteroatoms. The molecule has 1 saturated carbocycles. The van der Waals surface area contributed by atoms with Gasteiger partial charge in [0.15, 0.2) is 0 Å². The van der Waals surface area contributed by atoms with E-state index in [0.29, 0.717) is 28.5 Å². The minimum Gasteiger partial charge on any atom is -0.383 e. The largest absolute Gasteiger partial charge is 0.383 e. The Hall–Kier alpha value is -2.96. The van der Waals surface area contributed by atoms with Crippen molar-refractivity contribution in [1.82, 2.24) is 15.3 Å². The lowest BCUT2D eigenvalue weighted by atomic mass is 10.1. The molecule has 25 heavy (non-hydrogen) atoms. The van der Waals surface area contributed by atoms with E-state index in [2.05, 4.69) is 15.3 Å². The number of aryl methyl sites for hydroxylation is 1. The molecular formula is C18H21N5O2. The van der Waals surface area contributed by atoms with Gasteiger partial charge >= 0.3 is 0 Å². The maximum atomic E-state index is 12.6. The Morgan fingerprint density at radius 2 is 2.04 bits per heavy atom. The Balaban J connectivity index is 1.74. The summed E-state index contributed by atoms with van der Waals surface area (Å²) in [7, 11) is 1.71. The van der Waals surface area contributed by atoms with Gasteiger partial charge in [0.1, 0.15) is 11.6 Å². The lowest BCUT2D eigenvalue weighted by Crippen LogP contribution is -2.31. The van der Waals surface area contributed by atoms with Crippen LogP contribution in [0.4, 0.5) is 11.5 Å². The van der Waals surface area contributed by atoms with Gasteiger partial charge in [-0.2, -0.15) is 0 Å². The fourth-order valence-electron chi connectivity index (χ4n) is 2.60. The molecule has 7 nitrogen and oxygen atoms in total. The molecule has 1 aliphatic carbocycles. The van der Waals surface area contributed by atoms with Crippen molar-refractivity contribution in [3.05, 3.63) is 47.4 Å². The summed E-state index contributed by atoms with van der Waals surface area (Å²) in [5, 5.41) is 2.82. The normalized spacial score (nSPS) is 13.4. The number of nitrogen functional groups attached to an aromatic ring is 1. The van der Waals surface area contributed by atoms with E-state index in [-0.39, 0.29) is 24.3 Å². The van der Waals surface area contributed by atoms with Crippen LogP contribution in [0.1, 0.15) is 34.6 Å². The molecule has 1 aromatic heterocycles. The summed E-state index contributed by atoms with van der Waals surface area (Å²) in [5.74, 6) is 0.799.